The zero-order valence-corrected chi connectivity index (χ0v) is 11.0. The van der Waals surface area contributed by atoms with Gasteiger partial charge in [-0.05, 0) is 6.07 Å². The molecule has 1 aliphatic rings. The summed E-state index contributed by atoms with van der Waals surface area (Å²) in [5.41, 5.74) is 0.981. The Morgan fingerprint density at radius 1 is 1.55 bits per heavy atom. The number of hydrogen-bond donors (Lipinski definition) is 2. The molecule has 2 aromatic rings. The molecular weight excluding hydrogens is 284 g/mol. The van der Waals surface area contributed by atoms with E-state index in [0.717, 1.165) is 36.1 Å². The summed E-state index contributed by atoms with van der Waals surface area (Å²) in [6.45, 7) is 1.61. The first kappa shape index (κ1) is 12.8. The number of nitrogens with zero attached hydrogens (tertiary/aromatic N) is 2. The van der Waals surface area contributed by atoms with Crippen LogP contribution in [-0.2, 0) is 13.0 Å². The van der Waals surface area contributed by atoms with E-state index in [1.54, 1.807) is 0 Å². The summed E-state index contributed by atoms with van der Waals surface area (Å²) in [6, 6.07) is 2.41. The second-order valence-electron chi connectivity index (χ2n) is 4.16. The third-order valence-corrected chi connectivity index (χ3v) is 3.83. The Morgan fingerprint density at radius 3 is 3.10 bits per heavy atom. The molecule has 0 radical (unpaired) electrons. The zero-order valence-electron chi connectivity index (χ0n) is 10.2. The van der Waals surface area contributed by atoms with Crippen LogP contribution in [0, 0.1) is 10.1 Å². The van der Waals surface area contributed by atoms with Gasteiger partial charge < -0.3 is 9.73 Å². The number of anilines is 1. The first-order valence-corrected chi connectivity index (χ1v) is 6.70. The molecule has 0 saturated heterocycles. The average Bonchev–Trinajstić information content (AvgIpc) is 3.04. The van der Waals surface area contributed by atoms with Gasteiger partial charge in [0.2, 0.25) is 0 Å². The van der Waals surface area contributed by atoms with Crippen LogP contribution in [0.3, 0.4) is 0 Å². The summed E-state index contributed by atoms with van der Waals surface area (Å²) in [5.74, 6) is -1.11. The largest absolute Gasteiger partial charge is 0.433 e. The van der Waals surface area contributed by atoms with E-state index < -0.39 is 16.7 Å². The van der Waals surface area contributed by atoms with E-state index in [9.17, 15) is 14.9 Å². The van der Waals surface area contributed by atoms with Crippen molar-refractivity contribution >= 4 is 28.3 Å². The van der Waals surface area contributed by atoms with Gasteiger partial charge in [-0.2, -0.15) is 0 Å². The number of carbonyl (C=O) groups excluding carboxylic acids is 1. The van der Waals surface area contributed by atoms with Crippen LogP contribution in [0.2, 0.25) is 0 Å². The lowest BCUT2D eigenvalue weighted by Gasteiger charge is -2.09. The molecule has 0 aromatic carbocycles. The quantitative estimate of drug-likeness (QED) is 0.656. The summed E-state index contributed by atoms with van der Waals surface area (Å²) < 4.78 is 4.83. The van der Waals surface area contributed by atoms with Crippen LogP contribution in [0.1, 0.15) is 21.1 Å². The van der Waals surface area contributed by atoms with E-state index in [1.807, 2.05) is 0 Å². The van der Waals surface area contributed by atoms with E-state index in [4.69, 9.17) is 4.42 Å². The van der Waals surface area contributed by atoms with E-state index in [-0.39, 0.29) is 5.76 Å². The fraction of sp³-hybridized carbons (Fsp3) is 0.273. The van der Waals surface area contributed by atoms with Crippen molar-refractivity contribution in [1.82, 2.24) is 10.3 Å². The SMILES string of the molecule is O=C(Nc1nc2c(s1)CNCC2)c1ccc([N+](=O)[O-])o1. The van der Waals surface area contributed by atoms with Crippen LogP contribution in [-0.4, -0.2) is 22.4 Å². The Balaban J connectivity index is 1.74. The van der Waals surface area contributed by atoms with Gasteiger partial charge in [-0.25, -0.2) is 4.98 Å². The van der Waals surface area contributed by atoms with Gasteiger partial charge in [-0.15, -0.1) is 11.3 Å². The van der Waals surface area contributed by atoms with Crippen molar-refractivity contribution in [2.45, 2.75) is 13.0 Å². The van der Waals surface area contributed by atoms with E-state index >= 15 is 0 Å². The maximum atomic E-state index is 11.9. The molecule has 0 bridgehead atoms. The second-order valence-corrected chi connectivity index (χ2v) is 5.25. The van der Waals surface area contributed by atoms with Crippen molar-refractivity contribution in [3.8, 4) is 0 Å². The molecule has 0 unspecified atom stereocenters. The Morgan fingerprint density at radius 2 is 2.40 bits per heavy atom. The summed E-state index contributed by atoms with van der Waals surface area (Å²) in [4.78, 5) is 27.1. The van der Waals surface area contributed by atoms with Gasteiger partial charge in [0.1, 0.15) is 4.92 Å². The molecule has 3 rings (SSSR count). The summed E-state index contributed by atoms with van der Waals surface area (Å²) in [6.07, 6.45) is 0.827. The van der Waals surface area contributed by atoms with Gasteiger partial charge in [-0.1, -0.05) is 0 Å². The number of amides is 1. The van der Waals surface area contributed by atoms with Gasteiger partial charge >= 0.3 is 5.88 Å². The zero-order chi connectivity index (χ0) is 14.1. The van der Waals surface area contributed by atoms with Gasteiger partial charge in [0.15, 0.2) is 10.9 Å². The Hall–Kier alpha value is -2.26. The summed E-state index contributed by atoms with van der Waals surface area (Å²) in [7, 11) is 0. The normalized spacial score (nSPS) is 13.8. The molecule has 8 nitrogen and oxygen atoms in total. The third-order valence-electron chi connectivity index (χ3n) is 2.82. The highest BCUT2D eigenvalue weighted by Crippen LogP contribution is 2.26. The van der Waals surface area contributed by atoms with Crippen molar-refractivity contribution in [1.29, 1.82) is 0 Å². The number of nitro groups is 1. The number of aromatic nitrogens is 1. The topological polar surface area (TPSA) is 110 Å². The maximum absolute atomic E-state index is 11.9. The minimum Gasteiger partial charge on any atom is -0.395 e. The molecule has 104 valence electrons. The number of furan rings is 1. The lowest BCUT2D eigenvalue weighted by atomic mass is 10.2. The number of thiazole rings is 1. The molecule has 20 heavy (non-hydrogen) atoms. The highest BCUT2D eigenvalue weighted by atomic mass is 32.1. The molecule has 0 saturated carbocycles. The minimum absolute atomic E-state index is 0.108. The van der Waals surface area contributed by atoms with Crippen molar-refractivity contribution < 1.29 is 14.1 Å². The van der Waals surface area contributed by atoms with Crippen LogP contribution >= 0.6 is 11.3 Å². The fourth-order valence-corrected chi connectivity index (χ4v) is 2.86. The van der Waals surface area contributed by atoms with E-state index in [2.05, 4.69) is 15.6 Å². The standard InChI is InChI=1S/C11H10N4O4S/c16-10(7-1-2-9(19-7)15(17)18)14-11-13-6-3-4-12-5-8(6)20-11/h1-2,12H,3-5H2,(H,13,14,16). The molecule has 0 atom stereocenters. The van der Waals surface area contributed by atoms with Crippen LogP contribution in [0.25, 0.3) is 0 Å². The molecule has 3 heterocycles. The molecule has 0 spiro atoms. The van der Waals surface area contributed by atoms with Crippen molar-refractivity contribution in [3.05, 3.63) is 38.6 Å². The Labute approximate surface area is 117 Å². The van der Waals surface area contributed by atoms with E-state index in [1.165, 1.54) is 17.4 Å². The highest BCUT2D eigenvalue weighted by molar-refractivity contribution is 7.15. The lowest BCUT2D eigenvalue weighted by Crippen LogP contribution is -2.22. The van der Waals surface area contributed by atoms with Crippen LogP contribution in [0.5, 0.6) is 0 Å². The molecular formula is C11H10N4O4S. The molecule has 0 aliphatic carbocycles. The predicted molar refractivity (Wildman–Crippen MR) is 70.8 cm³/mol. The monoisotopic (exact) mass is 294 g/mol. The summed E-state index contributed by atoms with van der Waals surface area (Å²) >= 11 is 1.39. The molecule has 1 aliphatic heterocycles. The fourth-order valence-electron chi connectivity index (χ4n) is 1.89. The van der Waals surface area contributed by atoms with Crippen molar-refractivity contribution in [2.24, 2.45) is 0 Å². The van der Waals surface area contributed by atoms with Crippen molar-refractivity contribution in [2.75, 3.05) is 11.9 Å². The first-order chi connectivity index (χ1) is 9.63. The van der Waals surface area contributed by atoms with Crippen LogP contribution < -0.4 is 10.6 Å². The Bertz CT molecular complexity index is 654. The summed E-state index contributed by atoms with van der Waals surface area (Å²) in [5, 5.41) is 16.8. The number of rotatable bonds is 3. The first-order valence-electron chi connectivity index (χ1n) is 5.88. The minimum atomic E-state index is -0.690. The van der Waals surface area contributed by atoms with Crippen LogP contribution in [0.15, 0.2) is 16.5 Å². The third kappa shape index (κ3) is 2.40. The molecule has 2 aromatic heterocycles. The maximum Gasteiger partial charge on any atom is 0.433 e. The van der Waals surface area contributed by atoms with Crippen molar-refractivity contribution in [3.63, 3.8) is 0 Å². The molecule has 2 N–H and O–H groups in total. The van der Waals surface area contributed by atoms with Gasteiger partial charge in [0, 0.05) is 24.4 Å². The number of hydrogen-bond acceptors (Lipinski definition) is 7. The number of nitrogens with one attached hydrogen (secondary N) is 2. The van der Waals surface area contributed by atoms with Gasteiger partial charge in [-0.3, -0.25) is 20.2 Å². The number of fused-ring (bicyclic) bond motifs is 1. The van der Waals surface area contributed by atoms with Gasteiger partial charge in [0.05, 0.1) is 11.8 Å². The predicted octanol–water partition coefficient (Wildman–Crippen LogP) is 1.54. The number of carbonyl (C=O) groups is 1. The van der Waals surface area contributed by atoms with E-state index in [0.29, 0.717) is 5.13 Å². The second kappa shape index (κ2) is 5.02. The molecule has 1 amide bonds. The smallest absolute Gasteiger partial charge is 0.395 e. The Kier molecular flexibility index (Phi) is 3.20. The highest BCUT2D eigenvalue weighted by Gasteiger charge is 2.20. The van der Waals surface area contributed by atoms with Crippen LogP contribution in [0.4, 0.5) is 11.0 Å². The van der Waals surface area contributed by atoms with Gasteiger partial charge in [0.25, 0.3) is 5.91 Å². The molecule has 0 fully saturated rings. The lowest BCUT2D eigenvalue weighted by molar-refractivity contribution is -0.402. The molecule has 9 heteroatoms. The average molecular weight is 294 g/mol.